The number of esters is 1. The van der Waals surface area contributed by atoms with Crippen LogP contribution in [0.15, 0.2) is 53.9 Å². The zero-order valence-electron chi connectivity index (χ0n) is 18.7. The summed E-state index contributed by atoms with van der Waals surface area (Å²) in [5, 5.41) is 9.64. The number of para-hydroxylation sites is 1. The van der Waals surface area contributed by atoms with Gasteiger partial charge in [-0.3, -0.25) is 9.59 Å². The molecule has 3 N–H and O–H groups in total. The van der Waals surface area contributed by atoms with E-state index in [0.29, 0.717) is 21.9 Å². The number of nitrogens with one attached hydrogen (secondary N) is 1. The molecule has 0 bridgehead atoms. The molecule has 0 radical (unpaired) electrons. The number of nitrogens with two attached hydrogens (primary N) is 1. The summed E-state index contributed by atoms with van der Waals surface area (Å²) >= 11 is 2.88. The maximum absolute atomic E-state index is 13.0. The fourth-order valence-electron chi connectivity index (χ4n) is 4.12. The van der Waals surface area contributed by atoms with E-state index in [1.165, 1.54) is 27.4 Å². The molecule has 8 nitrogen and oxygen atoms in total. The summed E-state index contributed by atoms with van der Waals surface area (Å²) in [6.07, 6.45) is 3.66. The van der Waals surface area contributed by atoms with E-state index in [1.54, 1.807) is 6.07 Å². The lowest BCUT2D eigenvalue weighted by molar-refractivity contribution is -0.119. The molecule has 0 unspecified atom stereocenters. The number of anilines is 1. The highest BCUT2D eigenvalue weighted by Gasteiger charge is 2.26. The lowest BCUT2D eigenvalue weighted by atomic mass is 9.95. The van der Waals surface area contributed by atoms with Gasteiger partial charge in [-0.1, -0.05) is 24.3 Å². The summed E-state index contributed by atoms with van der Waals surface area (Å²) < 4.78 is 6.85. The van der Waals surface area contributed by atoms with E-state index in [-0.39, 0.29) is 5.69 Å². The number of primary amides is 1. The molecule has 0 fully saturated rings. The fourth-order valence-corrected chi connectivity index (χ4v) is 6.11. The number of benzene rings is 1. The minimum absolute atomic E-state index is 0.205. The van der Waals surface area contributed by atoms with Crippen molar-refractivity contribution in [2.45, 2.75) is 25.7 Å². The van der Waals surface area contributed by atoms with Gasteiger partial charge in [0, 0.05) is 10.9 Å². The number of nitrogens with zero attached hydrogens (tertiary/aromatic N) is 2. The second-order valence-electron chi connectivity index (χ2n) is 8.04. The molecule has 0 atom stereocenters. The summed E-state index contributed by atoms with van der Waals surface area (Å²) in [5.41, 5.74) is 8.42. The highest BCUT2D eigenvalue weighted by atomic mass is 32.1. The first kappa shape index (κ1) is 23.0. The van der Waals surface area contributed by atoms with Crippen LogP contribution in [0.25, 0.3) is 16.3 Å². The molecule has 4 aromatic rings. The molecule has 178 valence electrons. The number of thiophene rings is 2. The Labute approximate surface area is 209 Å². The van der Waals surface area contributed by atoms with E-state index in [9.17, 15) is 14.4 Å². The van der Waals surface area contributed by atoms with Crippen LogP contribution in [0.2, 0.25) is 0 Å². The number of carbonyl (C=O) groups excluding carboxylic acids is 3. The van der Waals surface area contributed by atoms with Crippen molar-refractivity contribution in [3.63, 3.8) is 0 Å². The topological polar surface area (TPSA) is 116 Å². The Morgan fingerprint density at radius 1 is 1.09 bits per heavy atom. The first-order valence-electron chi connectivity index (χ1n) is 11.1. The summed E-state index contributed by atoms with van der Waals surface area (Å²) in [7, 11) is 0. The van der Waals surface area contributed by atoms with Gasteiger partial charge in [-0.05, 0) is 54.8 Å². The third-order valence-corrected chi connectivity index (χ3v) is 7.80. The minimum atomic E-state index is -0.681. The highest BCUT2D eigenvalue weighted by molar-refractivity contribution is 7.17. The Bertz CT molecular complexity index is 1390. The van der Waals surface area contributed by atoms with Gasteiger partial charge in [0.25, 0.3) is 11.8 Å². The second kappa shape index (κ2) is 9.85. The molecule has 1 aliphatic carbocycles. The lowest BCUT2D eigenvalue weighted by Crippen LogP contribution is -2.23. The number of rotatable bonds is 7. The summed E-state index contributed by atoms with van der Waals surface area (Å²) in [6, 6.07) is 14.7. The monoisotopic (exact) mass is 506 g/mol. The van der Waals surface area contributed by atoms with Gasteiger partial charge in [-0.15, -0.1) is 22.7 Å². The highest BCUT2D eigenvalue weighted by Crippen LogP contribution is 2.37. The molecule has 3 aromatic heterocycles. The third-order valence-electron chi connectivity index (χ3n) is 5.70. The van der Waals surface area contributed by atoms with Crippen molar-refractivity contribution in [1.82, 2.24) is 9.78 Å². The standard InChI is InChI=1S/C25H22N4O4S2/c26-23(31)22-16-9-4-5-10-19(16)35-24(22)27-21(30)14-33-25(32)18-13-17(20-11-6-12-34-20)28-29(18)15-7-2-1-3-8-15/h1-3,6-8,11-13H,4-5,9-10,14H2,(H2,26,31)(H,27,30). The van der Waals surface area contributed by atoms with E-state index in [4.69, 9.17) is 10.5 Å². The van der Waals surface area contributed by atoms with E-state index < -0.39 is 24.4 Å². The number of aryl methyl sites for hydroxylation is 1. The lowest BCUT2D eigenvalue weighted by Gasteiger charge is -2.11. The van der Waals surface area contributed by atoms with Gasteiger partial charge >= 0.3 is 5.97 Å². The number of carbonyl (C=O) groups is 3. The van der Waals surface area contributed by atoms with Crippen LogP contribution in [0.1, 0.15) is 44.1 Å². The van der Waals surface area contributed by atoms with Gasteiger partial charge in [-0.25, -0.2) is 9.48 Å². The molecule has 1 aliphatic rings. The smallest absolute Gasteiger partial charge is 0.357 e. The number of ether oxygens (including phenoxy) is 1. The molecule has 5 rings (SSSR count). The summed E-state index contributed by atoms with van der Waals surface area (Å²) in [5.74, 6) is -1.78. The van der Waals surface area contributed by atoms with Crippen LogP contribution in [0.5, 0.6) is 0 Å². The number of aromatic nitrogens is 2. The van der Waals surface area contributed by atoms with Crippen molar-refractivity contribution in [2.24, 2.45) is 5.73 Å². The second-order valence-corrected chi connectivity index (χ2v) is 10.1. The maximum Gasteiger partial charge on any atom is 0.357 e. The predicted molar refractivity (Wildman–Crippen MR) is 135 cm³/mol. The quantitative estimate of drug-likeness (QED) is 0.360. The number of hydrogen-bond acceptors (Lipinski definition) is 7. The van der Waals surface area contributed by atoms with E-state index >= 15 is 0 Å². The first-order valence-corrected chi connectivity index (χ1v) is 12.8. The van der Waals surface area contributed by atoms with Crippen LogP contribution < -0.4 is 11.1 Å². The Hall–Kier alpha value is -3.76. The fraction of sp³-hybridized carbons (Fsp3) is 0.200. The minimum Gasteiger partial charge on any atom is -0.451 e. The van der Waals surface area contributed by atoms with Crippen LogP contribution in [0, 0.1) is 0 Å². The Morgan fingerprint density at radius 2 is 1.89 bits per heavy atom. The molecule has 3 heterocycles. The number of hydrogen-bond donors (Lipinski definition) is 2. The maximum atomic E-state index is 13.0. The average Bonchev–Trinajstić information content (AvgIpc) is 3.61. The van der Waals surface area contributed by atoms with Crippen molar-refractivity contribution in [3.05, 3.63) is 75.6 Å². The average molecular weight is 507 g/mol. The normalized spacial score (nSPS) is 12.7. The van der Waals surface area contributed by atoms with Gasteiger partial charge in [0.05, 0.1) is 16.1 Å². The van der Waals surface area contributed by atoms with Gasteiger partial charge in [-0.2, -0.15) is 5.10 Å². The van der Waals surface area contributed by atoms with Crippen LogP contribution in [-0.2, 0) is 22.4 Å². The third kappa shape index (κ3) is 4.75. The Balaban J connectivity index is 1.33. The Morgan fingerprint density at radius 3 is 2.63 bits per heavy atom. The van der Waals surface area contributed by atoms with Gasteiger partial charge < -0.3 is 15.8 Å². The molecule has 0 saturated heterocycles. The molecule has 1 aromatic carbocycles. The molecule has 0 aliphatic heterocycles. The number of amides is 2. The zero-order valence-corrected chi connectivity index (χ0v) is 20.3. The van der Waals surface area contributed by atoms with Crippen LogP contribution in [-0.4, -0.2) is 34.2 Å². The van der Waals surface area contributed by atoms with Crippen molar-refractivity contribution in [1.29, 1.82) is 0 Å². The predicted octanol–water partition coefficient (Wildman–Crippen LogP) is 4.44. The van der Waals surface area contributed by atoms with Crippen LogP contribution in [0.4, 0.5) is 5.00 Å². The molecule has 2 amide bonds. The van der Waals surface area contributed by atoms with Crippen molar-refractivity contribution in [2.75, 3.05) is 11.9 Å². The zero-order chi connectivity index (χ0) is 24.4. The van der Waals surface area contributed by atoms with Crippen LogP contribution >= 0.6 is 22.7 Å². The first-order chi connectivity index (χ1) is 17.0. The largest absolute Gasteiger partial charge is 0.451 e. The summed E-state index contributed by atoms with van der Waals surface area (Å²) in [4.78, 5) is 39.6. The van der Waals surface area contributed by atoms with Gasteiger partial charge in [0.2, 0.25) is 0 Å². The molecular formula is C25H22N4O4S2. The number of fused-ring (bicyclic) bond motifs is 1. The summed E-state index contributed by atoms with van der Waals surface area (Å²) in [6.45, 7) is -0.506. The Kier molecular flexibility index (Phi) is 6.47. The molecular weight excluding hydrogens is 484 g/mol. The molecule has 10 heteroatoms. The van der Waals surface area contributed by atoms with Gasteiger partial charge in [0.15, 0.2) is 12.3 Å². The molecule has 35 heavy (non-hydrogen) atoms. The molecule has 0 spiro atoms. The van der Waals surface area contributed by atoms with Crippen LogP contribution in [0.3, 0.4) is 0 Å². The molecule has 0 saturated carbocycles. The van der Waals surface area contributed by atoms with Crippen molar-refractivity contribution in [3.8, 4) is 16.3 Å². The van der Waals surface area contributed by atoms with Crippen molar-refractivity contribution >= 4 is 45.5 Å². The van der Waals surface area contributed by atoms with E-state index in [0.717, 1.165) is 41.0 Å². The van der Waals surface area contributed by atoms with Crippen molar-refractivity contribution < 1.29 is 19.1 Å². The van der Waals surface area contributed by atoms with Gasteiger partial charge in [0.1, 0.15) is 10.7 Å². The van der Waals surface area contributed by atoms with E-state index in [2.05, 4.69) is 10.4 Å². The SMILES string of the molecule is NC(=O)c1c(NC(=O)COC(=O)c2cc(-c3cccs3)nn2-c2ccccc2)sc2c1CCCC2. The van der Waals surface area contributed by atoms with E-state index in [1.807, 2.05) is 47.8 Å².